The van der Waals surface area contributed by atoms with Gasteiger partial charge in [0, 0.05) is 12.4 Å². The van der Waals surface area contributed by atoms with Gasteiger partial charge in [-0.1, -0.05) is 18.2 Å². The lowest BCUT2D eigenvalue weighted by molar-refractivity contribution is 0.0697. The zero-order chi connectivity index (χ0) is 14.8. The molecule has 0 bridgehead atoms. The van der Waals surface area contributed by atoms with Crippen LogP contribution in [0.2, 0.25) is 0 Å². The van der Waals surface area contributed by atoms with Gasteiger partial charge in [-0.2, -0.15) is 5.10 Å². The van der Waals surface area contributed by atoms with Gasteiger partial charge < -0.3 is 5.11 Å². The molecule has 6 heteroatoms. The van der Waals surface area contributed by atoms with Crippen molar-refractivity contribution in [3.05, 3.63) is 66.2 Å². The number of hydrogen-bond donors (Lipinski definition) is 1. The maximum atomic E-state index is 13.8. The molecule has 0 aliphatic carbocycles. The van der Waals surface area contributed by atoms with E-state index in [1.807, 2.05) is 0 Å². The Morgan fingerprint density at radius 2 is 1.90 bits per heavy atom. The van der Waals surface area contributed by atoms with Crippen molar-refractivity contribution in [2.75, 3.05) is 0 Å². The van der Waals surface area contributed by atoms with Crippen LogP contribution in [0.4, 0.5) is 4.39 Å². The summed E-state index contributed by atoms with van der Waals surface area (Å²) in [6, 6.07) is 11.1. The number of pyridine rings is 1. The summed E-state index contributed by atoms with van der Waals surface area (Å²) in [6.07, 6.45) is 2.83. The van der Waals surface area contributed by atoms with Crippen LogP contribution in [0.25, 0.3) is 17.1 Å². The number of carbonyl (C=O) groups is 1. The molecule has 3 rings (SSSR count). The van der Waals surface area contributed by atoms with E-state index in [2.05, 4.69) is 10.1 Å². The fourth-order valence-electron chi connectivity index (χ4n) is 1.98. The number of rotatable bonds is 3. The first-order valence-electron chi connectivity index (χ1n) is 6.16. The topological polar surface area (TPSA) is 68.0 Å². The molecule has 0 aliphatic heterocycles. The zero-order valence-electron chi connectivity index (χ0n) is 10.8. The predicted octanol–water partition coefficient (Wildman–Crippen LogP) is 2.77. The van der Waals surface area contributed by atoms with Crippen LogP contribution < -0.4 is 0 Å². The van der Waals surface area contributed by atoms with Crippen molar-refractivity contribution in [1.82, 2.24) is 14.8 Å². The highest BCUT2D eigenvalue weighted by atomic mass is 19.1. The van der Waals surface area contributed by atoms with E-state index in [0.29, 0.717) is 5.69 Å². The van der Waals surface area contributed by atoms with Crippen molar-refractivity contribution in [1.29, 1.82) is 0 Å². The van der Waals surface area contributed by atoms with Crippen LogP contribution in [-0.2, 0) is 0 Å². The highest BCUT2D eigenvalue weighted by molar-refractivity contribution is 5.94. The lowest BCUT2D eigenvalue weighted by Crippen LogP contribution is -1.98. The SMILES string of the molecule is O=C(O)c1cn(-c2ccccc2F)nc1-c1ccccn1. The van der Waals surface area contributed by atoms with Crippen LogP contribution in [0.15, 0.2) is 54.9 Å². The molecule has 0 unspecified atom stereocenters. The van der Waals surface area contributed by atoms with Crippen LogP contribution in [0.5, 0.6) is 0 Å². The zero-order valence-corrected chi connectivity index (χ0v) is 10.8. The van der Waals surface area contributed by atoms with Gasteiger partial charge in [0.15, 0.2) is 0 Å². The molecule has 0 amide bonds. The molecule has 2 aromatic heterocycles. The summed E-state index contributed by atoms with van der Waals surface area (Å²) in [5.41, 5.74) is 0.774. The lowest BCUT2D eigenvalue weighted by atomic mass is 10.2. The largest absolute Gasteiger partial charge is 0.478 e. The Morgan fingerprint density at radius 3 is 2.57 bits per heavy atom. The monoisotopic (exact) mass is 283 g/mol. The van der Waals surface area contributed by atoms with Crippen LogP contribution in [0.1, 0.15) is 10.4 Å². The van der Waals surface area contributed by atoms with Gasteiger partial charge in [0.25, 0.3) is 0 Å². The second-order valence-electron chi connectivity index (χ2n) is 4.31. The first-order valence-corrected chi connectivity index (χ1v) is 6.16. The Bertz CT molecular complexity index is 800. The summed E-state index contributed by atoms with van der Waals surface area (Å²) in [5.74, 6) is -1.62. The molecular weight excluding hydrogens is 273 g/mol. The molecule has 0 fully saturated rings. The van der Waals surface area contributed by atoms with E-state index in [0.717, 1.165) is 0 Å². The summed E-state index contributed by atoms with van der Waals surface area (Å²) in [5, 5.41) is 13.4. The van der Waals surface area contributed by atoms with Gasteiger partial charge in [-0.15, -0.1) is 0 Å². The summed E-state index contributed by atoms with van der Waals surface area (Å²) in [7, 11) is 0. The summed E-state index contributed by atoms with van der Waals surface area (Å²) < 4.78 is 15.0. The lowest BCUT2D eigenvalue weighted by Gasteiger charge is -2.01. The van der Waals surface area contributed by atoms with Crippen molar-refractivity contribution in [3.63, 3.8) is 0 Å². The standard InChI is InChI=1S/C15H10FN3O2/c16-11-5-1-2-7-13(11)19-9-10(15(20)21)14(18-19)12-6-3-4-8-17-12/h1-9H,(H,20,21). The fourth-order valence-corrected chi connectivity index (χ4v) is 1.98. The smallest absolute Gasteiger partial charge is 0.339 e. The summed E-state index contributed by atoms with van der Waals surface area (Å²) >= 11 is 0. The van der Waals surface area contributed by atoms with E-state index in [9.17, 15) is 14.3 Å². The molecule has 1 aromatic carbocycles. The molecule has 0 atom stereocenters. The Labute approximate surface area is 119 Å². The molecule has 0 saturated heterocycles. The predicted molar refractivity (Wildman–Crippen MR) is 73.7 cm³/mol. The van der Waals surface area contributed by atoms with Crippen LogP contribution in [0.3, 0.4) is 0 Å². The van der Waals surface area contributed by atoms with E-state index in [1.54, 1.807) is 36.5 Å². The second kappa shape index (κ2) is 5.16. The average Bonchev–Trinajstić information content (AvgIpc) is 2.94. The van der Waals surface area contributed by atoms with Gasteiger partial charge in [-0.3, -0.25) is 4.98 Å². The third kappa shape index (κ3) is 2.38. The number of halogens is 1. The number of aromatic carboxylic acids is 1. The van der Waals surface area contributed by atoms with Gasteiger partial charge >= 0.3 is 5.97 Å². The van der Waals surface area contributed by atoms with E-state index in [-0.39, 0.29) is 16.9 Å². The van der Waals surface area contributed by atoms with Crippen LogP contribution in [-0.4, -0.2) is 25.8 Å². The maximum Gasteiger partial charge on any atom is 0.339 e. The molecule has 1 N–H and O–H groups in total. The number of hydrogen-bond acceptors (Lipinski definition) is 3. The number of para-hydroxylation sites is 1. The van der Waals surface area contributed by atoms with Gasteiger partial charge in [-0.05, 0) is 24.3 Å². The second-order valence-corrected chi connectivity index (χ2v) is 4.31. The van der Waals surface area contributed by atoms with E-state index >= 15 is 0 Å². The Balaban J connectivity index is 2.18. The Kier molecular flexibility index (Phi) is 3.19. The quantitative estimate of drug-likeness (QED) is 0.802. The highest BCUT2D eigenvalue weighted by Gasteiger charge is 2.19. The van der Waals surface area contributed by atoms with Crippen molar-refractivity contribution in [2.24, 2.45) is 0 Å². The first-order chi connectivity index (χ1) is 10.2. The molecule has 0 spiro atoms. The minimum atomic E-state index is -1.14. The third-order valence-corrected chi connectivity index (χ3v) is 2.95. The molecule has 0 saturated carbocycles. The number of aromatic nitrogens is 3. The summed E-state index contributed by atoms with van der Waals surface area (Å²) in [6.45, 7) is 0. The molecular formula is C15H10FN3O2. The number of benzene rings is 1. The summed E-state index contributed by atoms with van der Waals surface area (Å²) in [4.78, 5) is 15.4. The molecule has 2 heterocycles. The Hall–Kier alpha value is -3.02. The molecule has 5 nitrogen and oxygen atoms in total. The van der Waals surface area contributed by atoms with Crippen molar-refractivity contribution in [2.45, 2.75) is 0 Å². The van der Waals surface area contributed by atoms with Gasteiger partial charge in [0.1, 0.15) is 22.8 Å². The van der Waals surface area contributed by atoms with Gasteiger partial charge in [0.2, 0.25) is 0 Å². The molecule has 0 aliphatic rings. The van der Waals surface area contributed by atoms with E-state index in [4.69, 9.17) is 0 Å². The normalized spacial score (nSPS) is 10.5. The van der Waals surface area contributed by atoms with Gasteiger partial charge in [0.05, 0.1) is 5.69 Å². The molecule has 104 valence electrons. The van der Waals surface area contributed by atoms with Gasteiger partial charge in [-0.25, -0.2) is 13.9 Å². The fraction of sp³-hybridized carbons (Fsp3) is 0. The number of carboxylic acid groups (broad SMARTS) is 1. The van der Waals surface area contributed by atoms with Crippen LogP contribution in [0, 0.1) is 5.82 Å². The minimum absolute atomic E-state index is 0.0306. The molecule has 0 radical (unpaired) electrons. The van der Waals surface area contributed by atoms with Crippen molar-refractivity contribution < 1.29 is 14.3 Å². The number of carboxylic acids is 1. The van der Waals surface area contributed by atoms with E-state index < -0.39 is 11.8 Å². The van der Waals surface area contributed by atoms with Crippen molar-refractivity contribution in [3.8, 4) is 17.1 Å². The highest BCUT2D eigenvalue weighted by Crippen LogP contribution is 2.22. The van der Waals surface area contributed by atoms with E-state index in [1.165, 1.54) is 23.0 Å². The average molecular weight is 283 g/mol. The van der Waals surface area contributed by atoms with Crippen LogP contribution >= 0.6 is 0 Å². The Morgan fingerprint density at radius 1 is 1.14 bits per heavy atom. The maximum absolute atomic E-state index is 13.8. The van der Waals surface area contributed by atoms with Crippen molar-refractivity contribution >= 4 is 5.97 Å². The first kappa shape index (κ1) is 13.0. The molecule has 3 aromatic rings. The number of nitrogens with zero attached hydrogens (tertiary/aromatic N) is 3. The minimum Gasteiger partial charge on any atom is -0.478 e. The molecule has 21 heavy (non-hydrogen) atoms. The third-order valence-electron chi connectivity index (χ3n) is 2.95.